The largest absolute Gasteiger partial charge is 0.391 e. The van der Waals surface area contributed by atoms with Crippen LogP contribution >= 0.6 is 0 Å². The molecule has 2 atom stereocenters. The van der Waals surface area contributed by atoms with Crippen LogP contribution in [0.4, 0.5) is 10.3 Å². The van der Waals surface area contributed by atoms with Crippen molar-refractivity contribution in [1.82, 2.24) is 14.9 Å². The van der Waals surface area contributed by atoms with Gasteiger partial charge in [-0.1, -0.05) is 12.1 Å². The van der Waals surface area contributed by atoms with Crippen molar-refractivity contribution in [3.8, 4) is 0 Å². The topological polar surface area (TPSA) is 69.6 Å². The number of halogens is 1. The lowest BCUT2D eigenvalue weighted by Gasteiger charge is -2.36. The number of amides is 1. The molecule has 2 heterocycles. The van der Waals surface area contributed by atoms with E-state index in [4.69, 9.17) is 0 Å². The van der Waals surface area contributed by atoms with Gasteiger partial charge in [0, 0.05) is 39.6 Å². The lowest BCUT2D eigenvalue weighted by Crippen LogP contribution is -2.47. The summed E-state index contributed by atoms with van der Waals surface area (Å²) in [6, 6.07) is 6.43. The van der Waals surface area contributed by atoms with E-state index in [-0.39, 0.29) is 24.2 Å². The molecule has 138 valence electrons. The van der Waals surface area contributed by atoms with E-state index in [1.54, 1.807) is 15.9 Å². The van der Waals surface area contributed by atoms with Crippen LogP contribution in [0.15, 0.2) is 36.7 Å². The molecule has 1 N–H and O–H groups in total. The van der Waals surface area contributed by atoms with E-state index in [0.717, 1.165) is 5.56 Å². The van der Waals surface area contributed by atoms with E-state index < -0.39 is 6.10 Å². The number of piperidine rings is 1. The molecule has 0 spiro atoms. The summed E-state index contributed by atoms with van der Waals surface area (Å²) in [6.07, 6.45) is 3.64. The molecule has 1 aliphatic rings. The molecule has 0 bridgehead atoms. The van der Waals surface area contributed by atoms with Crippen LogP contribution in [-0.4, -0.2) is 59.2 Å². The third-order valence-electron chi connectivity index (χ3n) is 4.68. The number of benzene rings is 1. The summed E-state index contributed by atoms with van der Waals surface area (Å²) in [5, 5.41) is 10.5. The molecule has 1 amide bonds. The lowest BCUT2D eigenvalue weighted by atomic mass is 9.87. The molecule has 1 aromatic carbocycles. The Morgan fingerprint density at radius 2 is 2.08 bits per heavy atom. The molecule has 6 nitrogen and oxygen atoms in total. The summed E-state index contributed by atoms with van der Waals surface area (Å²) in [4.78, 5) is 24.3. The van der Waals surface area contributed by atoms with E-state index in [9.17, 15) is 14.3 Å². The first-order chi connectivity index (χ1) is 12.4. The quantitative estimate of drug-likeness (QED) is 0.902. The number of aliphatic hydroxyl groups excluding tert-OH is 1. The van der Waals surface area contributed by atoms with Crippen molar-refractivity contribution in [3.05, 3.63) is 53.6 Å². The van der Waals surface area contributed by atoms with Gasteiger partial charge in [-0.05, 0) is 36.5 Å². The van der Waals surface area contributed by atoms with Crippen LogP contribution < -0.4 is 4.90 Å². The second-order valence-electron chi connectivity index (χ2n) is 6.87. The molecule has 0 saturated carbocycles. The average molecular weight is 358 g/mol. The number of hydrogen-bond acceptors (Lipinski definition) is 5. The normalized spacial score (nSPS) is 20.1. The van der Waals surface area contributed by atoms with Crippen LogP contribution in [0, 0.1) is 11.7 Å². The molecule has 1 saturated heterocycles. The zero-order chi connectivity index (χ0) is 18.7. The fourth-order valence-electron chi connectivity index (χ4n) is 3.21. The third kappa shape index (κ3) is 4.16. The van der Waals surface area contributed by atoms with Gasteiger partial charge in [0.1, 0.15) is 5.82 Å². The Kier molecular flexibility index (Phi) is 5.46. The van der Waals surface area contributed by atoms with E-state index >= 15 is 0 Å². The maximum atomic E-state index is 13.3. The first-order valence-corrected chi connectivity index (χ1v) is 8.65. The Bertz CT molecular complexity index is 766. The number of β-amino-alcohol motifs (C(OH)–C–C–N with tert-alkyl or cyclic N) is 1. The van der Waals surface area contributed by atoms with Crippen LogP contribution in [0.2, 0.25) is 0 Å². The second-order valence-corrected chi connectivity index (χ2v) is 6.87. The van der Waals surface area contributed by atoms with Crippen LogP contribution in [0.1, 0.15) is 22.3 Å². The second kappa shape index (κ2) is 7.78. The van der Waals surface area contributed by atoms with Crippen molar-refractivity contribution in [3.63, 3.8) is 0 Å². The minimum atomic E-state index is -0.641. The van der Waals surface area contributed by atoms with Gasteiger partial charge in [0.25, 0.3) is 5.91 Å². The number of nitrogens with zero attached hydrogens (tertiary/aromatic N) is 4. The van der Waals surface area contributed by atoms with Gasteiger partial charge in [-0.15, -0.1) is 0 Å². The summed E-state index contributed by atoms with van der Waals surface area (Å²) in [6.45, 7) is 0.805. The van der Waals surface area contributed by atoms with Crippen LogP contribution in [-0.2, 0) is 6.42 Å². The van der Waals surface area contributed by atoms with Crippen LogP contribution in [0.3, 0.4) is 0 Å². The number of rotatable bonds is 4. The minimum absolute atomic E-state index is 0.00761. The van der Waals surface area contributed by atoms with Gasteiger partial charge in [-0.3, -0.25) is 4.79 Å². The Labute approximate surface area is 152 Å². The van der Waals surface area contributed by atoms with Gasteiger partial charge in [-0.25, -0.2) is 14.4 Å². The van der Waals surface area contributed by atoms with Crippen molar-refractivity contribution in [2.75, 3.05) is 32.1 Å². The summed E-state index contributed by atoms with van der Waals surface area (Å²) in [7, 11) is 3.66. The standard InChI is InChI=1S/C19H23FN4O2/c1-23(2)19-21-10-15(11-22-19)18(26)24-7-6-14(17(25)12-24)8-13-4-3-5-16(20)9-13/h3-5,9-11,14,17,25H,6-8,12H2,1-2H3/t14-,17-/m1/s1. The van der Waals surface area contributed by atoms with E-state index in [1.165, 1.54) is 24.5 Å². The Hall–Kier alpha value is -2.54. The summed E-state index contributed by atoms with van der Waals surface area (Å²) >= 11 is 0. The molecule has 1 fully saturated rings. The highest BCUT2D eigenvalue weighted by Crippen LogP contribution is 2.23. The number of anilines is 1. The number of hydrogen-bond donors (Lipinski definition) is 1. The molecule has 0 aliphatic carbocycles. The monoisotopic (exact) mass is 358 g/mol. The molecule has 3 rings (SSSR count). The molecule has 7 heteroatoms. The fraction of sp³-hybridized carbons (Fsp3) is 0.421. The minimum Gasteiger partial charge on any atom is -0.391 e. The van der Waals surface area contributed by atoms with Gasteiger partial charge >= 0.3 is 0 Å². The predicted octanol–water partition coefficient (Wildman–Crippen LogP) is 1.75. The molecule has 1 aromatic heterocycles. The lowest BCUT2D eigenvalue weighted by molar-refractivity contribution is 0.0197. The SMILES string of the molecule is CN(C)c1ncc(C(=O)N2CC[C@H](Cc3cccc(F)c3)[C@H](O)C2)cn1. The van der Waals surface area contributed by atoms with E-state index in [2.05, 4.69) is 9.97 Å². The number of aromatic nitrogens is 2. The molecule has 26 heavy (non-hydrogen) atoms. The molecule has 0 unspecified atom stereocenters. The van der Waals surface area contributed by atoms with Gasteiger partial charge in [0.2, 0.25) is 5.95 Å². The third-order valence-corrected chi connectivity index (χ3v) is 4.68. The number of carbonyl (C=O) groups excluding carboxylic acids is 1. The van der Waals surface area contributed by atoms with Gasteiger partial charge in [0.05, 0.1) is 11.7 Å². The first kappa shape index (κ1) is 18.3. The fourth-order valence-corrected chi connectivity index (χ4v) is 3.21. The summed E-state index contributed by atoms with van der Waals surface area (Å²) < 4.78 is 13.3. The molecule has 1 aliphatic heterocycles. The predicted molar refractivity (Wildman–Crippen MR) is 96.5 cm³/mol. The summed E-state index contributed by atoms with van der Waals surface area (Å²) in [5.74, 6) is 0.0907. The van der Waals surface area contributed by atoms with Crippen molar-refractivity contribution in [2.45, 2.75) is 18.9 Å². The molecule has 2 aromatic rings. The van der Waals surface area contributed by atoms with Crippen molar-refractivity contribution in [2.24, 2.45) is 5.92 Å². The zero-order valence-corrected chi connectivity index (χ0v) is 15.0. The Morgan fingerprint density at radius 3 is 2.69 bits per heavy atom. The highest BCUT2D eigenvalue weighted by Gasteiger charge is 2.31. The van der Waals surface area contributed by atoms with Gasteiger partial charge in [0.15, 0.2) is 0 Å². The first-order valence-electron chi connectivity index (χ1n) is 8.65. The average Bonchev–Trinajstić information content (AvgIpc) is 2.63. The van der Waals surface area contributed by atoms with Gasteiger partial charge in [-0.2, -0.15) is 0 Å². The Balaban J connectivity index is 1.61. The van der Waals surface area contributed by atoms with E-state index in [1.807, 2.05) is 20.2 Å². The highest BCUT2D eigenvalue weighted by molar-refractivity contribution is 5.93. The number of carbonyl (C=O) groups is 1. The van der Waals surface area contributed by atoms with Crippen molar-refractivity contribution in [1.29, 1.82) is 0 Å². The maximum Gasteiger partial charge on any atom is 0.257 e. The number of aliphatic hydroxyl groups is 1. The van der Waals surface area contributed by atoms with Crippen LogP contribution in [0.25, 0.3) is 0 Å². The molecule has 0 radical (unpaired) electrons. The highest BCUT2D eigenvalue weighted by atomic mass is 19.1. The summed E-state index contributed by atoms with van der Waals surface area (Å²) in [5.41, 5.74) is 1.27. The van der Waals surface area contributed by atoms with E-state index in [0.29, 0.717) is 30.9 Å². The molecular weight excluding hydrogens is 335 g/mol. The van der Waals surface area contributed by atoms with Crippen molar-refractivity contribution < 1.29 is 14.3 Å². The maximum absolute atomic E-state index is 13.3. The Morgan fingerprint density at radius 1 is 1.35 bits per heavy atom. The zero-order valence-electron chi connectivity index (χ0n) is 15.0. The smallest absolute Gasteiger partial charge is 0.257 e. The number of likely N-dealkylation sites (tertiary alicyclic amines) is 1. The molecular formula is C19H23FN4O2. The van der Waals surface area contributed by atoms with Crippen LogP contribution in [0.5, 0.6) is 0 Å². The van der Waals surface area contributed by atoms with Crippen molar-refractivity contribution >= 4 is 11.9 Å². The van der Waals surface area contributed by atoms with Gasteiger partial charge < -0.3 is 14.9 Å².